The van der Waals surface area contributed by atoms with E-state index in [9.17, 15) is 14.0 Å². The molecule has 4 rings (SSSR count). The molecule has 2 heterocycles. The van der Waals surface area contributed by atoms with Crippen molar-refractivity contribution in [2.24, 2.45) is 17.8 Å². The largest absolute Gasteiger partial charge is 0.376 e. The first-order valence-electron chi connectivity index (χ1n) is 10.8. The van der Waals surface area contributed by atoms with Gasteiger partial charge in [-0.05, 0) is 57.2 Å². The van der Waals surface area contributed by atoms with Crippen LogP contribution in [0.5, 0.6) is 0 Å². The lowest BCUT2D eigenvalue weighted by molar-refractivity contribution is -0.120. The van der Waals surface area contributed by atoms with Crippen molar-refractivity contribution in [1.29, 1.82) is 0 Å². The number of amides is 1. The molecule has 8 nitrogen and oxygen atoms in total. The van der Waals surface area contributed by atoms with E-state index in [1.807, 2.05) is 32.0 Å². The number of carbonyl (C=O) groups excluding carboxylic acids is 1. The maximum atomic E-state index is 13.5. The zero-order valence-electron chi connectivity index (χ0n) is 19.0. The molecule has 0 bridgehead atoms. The van der Waals surface area contributed by atoms with Crippen molar-refractivity contribution in [2.75, 3.05) is 6.54 Å². The molecule has 33 heavy (non-hydrogen) atoms. The third-order valence-corrected chi connectivity index (χ3v) is 5.61. The van der Waals surface area contributed by atoms with E-state index in [-0.39, 0.29) is 30.0 Å². The molecule has 3 aromatic rings. The number of imidazole rings is 1. The Morgan fingerprint density at radius 2 is 1.79 bits per heavy atom. The Bertz CT molecular complexity index is 1350. The maximum absolute atomic E-state index is 13.5. The second-order valence-electron chi connectivity index (χ2n) is 8.43. The fourth-order valence-corrected chi connectivity index (χ4v) is 3.89. The Morgan fingerprint density at radius 3 is 2.42 bits per heavy atom. The Morgan fingerprint density at radius 1 is 1.12 bits per heavy atom. The van der Waals surface area contributed by atoms with Crippen LogP contribution < -0.4 is 22.1 Å². The van der Waals surface area contributed by atoms with Gasteiger partial charge in [0.1, 0.15) is 11.7 Å². The van der Waals surface area contributed by atoms with Gasteiger partial charge in [-0.2, -0.15) is 0 Å². The smallest absolute Gasteiger partial charge is 0.329 e. The van der Waals surface area contributed by atoms with Gasteiger partial charge in [0.15, 0.2) is 0 Å². The molecule has 1 aliphatic rings. The molecule has 1 unspecified atom stereocenters. The van der Waals surface area contributed by atoms with Gasteiger partial charge in [0, 0.05) is 24.2 Å². The molecule has 0 aliphatic carbocycles. The molecule has 0 radical (unpaired) electrons. The molecule has 0 saturated carbocycles. The van der Waals surface area contributed by atoms with E-state index in [0.29, 0.717) is 17.2 Å². The normalized spacial score (nSPS) is 14.9. The fourth-order valence-electron chi connectivity index (χ4n) is 3.89. The summed E-state index contributed by atoms with van der Waals surface area (Å²) >= 11 is 0. The first-order valence-corrected chi connectivity index (χ1v) is 10.8. The van der Waals surface area contributed by atoms with E-state index in [4.69, 9.17) is 10.7 Å². The number of amidine groups is 1. The van der Waals surface area contributed by atoms with Gasteiger partial charge in [0.25, 0.3) is 0 Å². The number of hydrogen-bond acceptors (Lipinski definition) is 5. The maximum Gasteiger partial charge on any atom is 0.329 e. The molecule has 1 amide bonds. The van der Waals surface area contributed by atoms with Crippen LogP contribution in [0.25, 0.3) is 22.4 Å². The van der Waals surface area contributed by atoms with Gasteiger partial charge in [-0.1, -0.05) is 6.07 Å². The number of hydrogen-bond donors (Lipinski definition) is 3. The molecule has 2 aromatic carbocycles. The zero-order valence-corrected chi connectivity index (χ0v) is 19.0. The monoisotopic (exact) mass is 450 g/mol. The Labute approximate surface area is 190 Å². The number of rotatable bonds is 4. The highest BCUT2D eigenvalue weighted by atomic mass is 19.1. The lowest BCUT2D eigenvalue weighted by Gasteiger charge is -2.23. The minimum absolute atomic E-state index is 0.00970. The highest BCUT2D eigenvalue weighted by Crippen LogP contribution is 2.30. The van der Waals surface area contributed by atoms with Crippen molar-refractivity contribution in [2.45, 2.75) is 32.9 Å². The van der Waals surface area contributed by atoms with E-state index in [0.717, 1.165) is 22.2 Å². The average Bonchev–Trinajstić information content (AvgIpc) is 3.04. The number of carbonyl (C=O) groups is 1. The number of halogens is 1. The molecule has 0 spiro atoms. The van der Waals surface area contributed by atoms with Gasteiger partial charge in [-0.25, -0.2) is 14.2 Å². The topological polar surface area (TPSA) is 106 Å². The summed E-state index contributed by atoms with van der Waals surface area (Å²) in [5.41, 5.74) is 9.93. The van der Waals surface area contributed by atoms with Crippen LogP contribution in [0.4, 0.5) is 4.39 Å². The third kappa shape index (κ3) is 4.19. The van der Waals surface area contributed by atoms with E-state index < -0.39 is 6.04 Å². The van der Waals surface area contributed by atoms with Crippen molar-refractivity contribution in [3.63, 3.8) is 0 Å². The fraction of sp³-hybridized carbons (Fsp3) is 0.292. The van der Waals surface area contributed by atoms with Gasteiger partial charge in [-0.15, -0.1) is 0 Å². The predicted octanol–water partition coefficient (Wildman–Crippen LogP) is 2.35. The number of aryl methyl sites for hydroxylation is 1. The highest BCUT2D eigenvalue weighted by molar-refractivity contribution is 6.07. The number of nitrogens with one attached hydrogen (secondary N) is 2. The van der Waals surface area contributed by atoms with Crippen molar-refractivity contribution < 1.29 is 9.18 Å². The Kier molecular flexibility index (Phi) is 5.90. The quantitative estimate of drug-likeness (QED) is 0.567. The molecule has 1 aromatic heterocycles. The van der Waals surface area contributed by atoms with Crippen molar-refractivity contribution in [1.82, 2.24) is 19.8 Å². The van der Waals surface area contributed by atoms with Crippen LogP contribution in [0.3, 0.4) is 0 Å². The first-order chi connectivity index (χ1) is 15.7. The lowest BCUT2D eigenvalue weighted by Crippen LogP contribution is -2.45. The van der Waals surface area contributed by atoms with Gasteiger partial charge in [0.05, 0.1) is 35.0 Å². The summed E-state index contributed by atoms with van der Waals surface area (Å²) in [5, 5.41) is 6.04. The van der Waals surface area contributed by atoms with Crippen LogP contribution in [0.1, 0.15) is 37.9 Å². The van der Waals surface area contributed by atoms with Crippen molar-refractivity contribution in [3.8, 4) is 0 Å². The van der Waals surface area contributed by atoms with Crippen LogP contribution in [-0.2, 0) is 11.8 Å². The summed E-state index contributed by atoms with van der Waals surface area (Å²) in [7, 11) is 1.74. The van der Waals surface area contributed by atoms with Crippen LogP contribution in [0, 0.1) is 5.82 Å². The van der Waals surface area contributed by atoms with E-state index >= 15 is 0 Å². The number of aliphatic imine (C=N–C) groups is 1. The summed E-state index contributed by atoms with van der Waals surface area (Å²) in [6.45, 7) is 5.80. The van der Waals surface area contributed by atoms with Crippen LogP contribution in [0.15, 0.2) is 52.3 Å². The first kappa shape index (κ1) is 22.5. The molecule has 0 fully saturated rings. The van der Waals surface area contributed by atoms with Gasteiger partial charge >= 0.3 is 5.69 Å². The Hall–Kier alpha value is -3.72. The Balaban J connectivity index is 1.90. The second-order valence-corrected chi connectivity index (χ2v) is 8.43. The third-order valence-electron chi connectivity index (χ3n) is 5.61. The van der Waals surface area contributed by atoms with Crippen LogP contribution in [-0.4, -0.2) is 33.5 Å². The minimum atomic E-state index is -0.680. The molecular formula is C24H27FN6O2. The second kappa shape index (κ2) is 8.67. The van der Waals surface area contributed by atoms with E-state index in [1.54, 1.807) is 35.2 Å². The molecule has 4 N–H and O–H groups in total. The standard InChI is InChI=1S/C24H27FN6O2/c1-13(2)31-18-10-7-16(11-19(18)30(4)24(31)33)22-21(15-5-8-17(25)9-6-15)27-12-20(28-22)29-23(32)14(3)26/h5-11,13-14,27H,12,26H2,1-4H3,(H,28,29,32). The summed E-state index contributed by atoms with van der Waals surface area (Å²) in [6.07, 6.45) is 0. The molecule has 172 valence electrons. The number of fused-ring (bicyclic) bond motifs is 1. The molecule has 1 aliphatic heterocycles. The summed E-state index contributed by atoms with van der Waals surface area (Å²) in [4.78, 5) is 29.6. The van der Waals surface area contributed by atoms with Crippen molar-refractivity contribution in [3.05, 3.63) is 69.9 Å². The van der Waals surface area contributed by atoms with Gasteiger partial charge in [-0.3, -0.25) is 13.9 Å². The number of nitrogens with zero attached hydrogens (tertiary/aromatic N) is 3. The molecule has 1 atom stereocenters. The predicted molar refractivity (Wildman–Crippen MR) is 128 cm³/mol. The van der Waals surface area contributed by atoms with E-state index in [1.165, 1.54) is 12.1 Å². The summed E-state index contributed by atoms with van der Waals surface area (Å²) in [6, 6.07) is 11.1. The summed E-state index contributed by atoms with van der Waals surface area (Å²) in [5.74, 6) is -0.254. The molecule has 0 saturated heterocycles. The van der Waals surface area contributed by atoms with Gasteiger partial charge in [0.2, 0.25) is 5.91 Å². The SMILES string of the molecule is CC(N)C(=O)NC1=NC(c2ccc3c(c2)n(C)c(=O)n3C(C)C)=C(c2ccc(F)cc2)NC1. The zero-order chi connectivity index (χ0) is 23.9. The van der Waals surface area contributed by atoms with Crippen LogP contribution >= 0.6 is 0 Å². The molecule has 9 heteroatoms. The number of aromatic nitrogens is 2. The minimum Gasteiger partial charge on any atom is -0.376 e. The lowest BCUT2D eigenvalue weighted by atomic mass is 10.0. The van der Waals surface area contributed by atoms with Crippen LogP contribution in [0.2, 0.25) is 0 Å². The highest BCUT2D eigenvalue weighted by Gasteiger charge is 2.22. The summed E-state index contributed by atoms with van der Waals surface area (Å²) < 4.78 is 16.9. The average molecular weight is 451 g/mol. The molecular weight excluding hydrogens is 423 g/mol. The van der Waals surface area contributed by atoms with E-state index in [2.05, 4.69) is 10.6 Å². The van der Waals surface area contributed by atoms with Gasteiger partial charge < -0.3 is 16.4 Å². The number of nitrogens with two attached hydrogens (primary N) is 1. The van der Waals surface area contributed by atoms with Crippen molar-refractivity contribution >= 4 is 34.2 Å². The number of benzene rings is 2.